The van der Waals surface area contributed by atoms with Crippen molar-refractivity contribution in [1.29, 1.82) is 0 Å². The lowest BCUT2D eigenvalue weighted by molar-refractivity contribution is 0.0526. The Balaban J connectivity index is 2.25. The summed E-state index contributed by atoms with van der Waals surface area (Å²) in [7, 11) is -1.17. The molecule has 120 valence electrons. The first kappa shape index (κ1) is 16.7. The Labute approximate surface area is 134 Å². The molecule has 4 nitrogen and oxygen atoms in total. The summed E-state index contributed by atoms with van der Waals surface area (Å²) >= 11 is 0. The number of benzene rings is 1. The van der Waals surface area contributed by atoms with Crippen LogP contribution in [0.2, 0.25) is 0 Å². The van der Waals surface area contributed by atoms with Gasteiger partial charge in [-0.3, -0.25) is 0 Å². The second kappa shape index (κ2) is 6.65. The largest absolute Gasteiger partial charge is 0.462 e. The van der Waals surface area contributed by atoms with Crippen molar-refractivity contribution in [2.45, 2.75) is 45.3 Å². The highest BCUT2D eigenvalue weighted by Gasteiger charge is 2.23. The van der Waals surface area contributed by atoms with Gasteiger partial charge in [0.15, 0.2) is 0 Å². The van der Waals surface area contributed by atoms with Crippen molar-refractivity contribution in [3.05, 3.63) is 41.0 Å². The van der Waals surface area contributed by atoms with Crippen LogP contribution in [0.25, 0.3) is 5.70 Å². The summed E-state index contributed by atoms with van der Waals surface area (Å²) in [6, 6.07) is 5.54. The second-order valence-electron chi connectivity index (χ2n) is 6.23. The number of hydrogen-bond acceptors (Lipinski definition) is 3. The predicted molar refractivity (Wildman–Crippen MR) is 89.7 cm³/mol. The SMILES string of the molecule is CCOC(=O)c1ccc2c(c1)CCC=C2N[S@](=O)C(C)(C)C. The summed E-state index contributed by atoms with van der Waals surface area (Å²) in [6.07, 6.45) is 3.80. The molecule has 0 bridgehead atoms. The standard InChI is InChI=1S/C17H23NO3S/c1-5-21-16(19)13-9-10-14-12(11-13)7-6-8-15(14)18-22(20)17(2,3)4/h8-11,18H,5-7H2,1-4H3/t22-/m1/s1. The fourth-order valence-corrected chi connectivity index (χ4v) is 2.94. The van der Waals surface area contributed by atoms with Crippen molar-refractivity contribution in [2.24, 2.45) is 0 Å². The minimum atomic E-state index is -1.17. The van der Waals surface area contributed by atoms with Crippen LogP contribution in [0.4, 0.5) is 0 Å². The molecule has 0 spiro atoms. The summed E-state index contributed by atoms with van der Waals surface area (Å²) in [5.74, 6) is -0.298. The lowest BCUT2D eigenvalue weighted by Crippen LogP contribution is -2.33. The second-order valence-corrected chi connectivity index (χ2v) is 8.20. The molecule has 5 heteroatoms. The molecule has 22 heavy (non-hydrogen) atoms. The average Bonchev–Trinajstić information content (AvgIpc) is 2.46. The molecule has 1 aromatic carbocycles. The summed E-state index contributed by atoms with van der Waals surface area (Å²) in [6.45, 7) is 7.97. The van der Waals surface area contributed by atoms with E-state index in [2.05, 4.69) is 10.8 Å². The maximum atomic E-state index is 12.3. The fraction of sp³-hybridized carbons (Fsp3) is 0.471. The Morgan fingerprint density at radius 3 is 2.73 bits per heavy atom. The van der Waals surface area contributed by atoms with Gasteiger partial charge < -0.3 is 9.46 Å². The maximum Gasteiger partial charge on any atom is 0.338 e. The van der Waals surface area contributed by atoms with E-state index in [4.69, 9.17) is 4.74 Å². The Hall–Kier alpha value is -1.62. The molecule has 0 heterocycles. The number of esters is 1. The number of carbonyl (C=O) groups is 1. The Morgan fingerprint density at radius 2 is 2.09 bits per heavy atom. The van der Waals surface area contributed by atoms with Gasteiger partial charge in [0.2, 0.25) is 0 Å². The first-order valence-corrected chi connectivity index (χ1v) is 8.67. The zero-order chi connectivity index (χ0) is 16.3. The normalized spacial score (nSPS) is 15.5. The number of aryl methyl sites for hydroxylation is 1. The Kier molecular flexibility index (Phi) is 5.06. The van der Waals surface area contributed by atoms with Crippen LogP contribution < -0.4 is 4.72 Å². The lowest BCUT2D eigenvalue weighted by Gasteiger charge is -2.24. The van der Waals surface area contributed by atoms with Crippen molar-refractivity contribution in [3.63, 3.8) is 0 Å². The molecule has 0 fully saturated rings. The average molecular weight is 321 g/mol. The highest BCUT2D eigenvalue weighted by molar-refractivity contribution is 7.84. The molecule has 1 aliphatic carbocycles. The van der Waals surface area contributed by atoms with E-state index in [0.29, 0.717) is 12.2 Å². The number of nitrogens with one attached hydrogen (secondary N) is 1. The molecule has 1 aromatic rings. The predicted octanol–water partition coefficient (Wildman–Crippen LogP) is 3.20. The van der Waals surface area contributed by atoms with Crippen LogP contribution in [0.5, 0.6) is 0 Å². The molecule has 0 radical (unpaired) electrons. The zero-order valence-electron chi connectivity index (χ0n) is 13.6. The van der Waals surface area contributed by atoms with E-state index in [1.807, 2.05) is 32.9 Å². The van der Waals surface area contributed by atoms with E-state index >= 15 is 0 Å². The van der Waals surface area contributed by atoms with Crippen molar-refractivity contribution >= 4 is 22.7 Å². The molecule has 1 aliphatic rings. The molecule has 0 saturated carbocycles. The third kappa shape index (κ3) is 3.77. The first-order chi connectivity index (χ1) is 10.3. The molecule has 0 aromatic heterocycles. The molecular formula is C17H23NO3S. The van der Waals surface area contributed by atoms with Crippen LogP contribution in [-0.2, 0) is 22.1 Å². The van der Waals surface area contributed by atoms with Gasteiger partial charge in [-0.25, -0.2) is 9.00 Å². The van der Waals surface area contributed by atoms with E-state index < -0.39 is 11.0 Å². The van der Waals surface area contributed by atoms with Gasteiger partial charge >= 0.3 is 5.97 Å². The number of carbonyl (C=O) groups excluding carboxylic acids is 1. The van der Waals surface area contributed by atoms with Gasteiger partial charge in [0.1, 0.15) is 11.0 Å². The van der Waals surface area contributed by atoms with Crippen LogP contribution >= 0.6 is 0 Å². The summed E-state index contributed by atoms with van der Waals surface area (Å²) < 4.78 is 20.1. The van der Waals surface area contributed by atoms with Crippen molar-refractivity contribution < 1.29 is 13.7 Å². The summed E-state index contributed by atoms with van der Waals surface area (Å²) in [5, 5.41) is 0. The minimum Gasteiger partial charge on any atom is -0.462 e. The molecule has 2 rings (SSSR count). The summed E-state index contributed by atoms with van der Waals surface area (Å²) in [5.41, 5.74) is 3.54. The topological polar surface area (TPSA) is 55.4 Å². The van der Waals surface area contributed by atoms with Crippen LogP contribution in [0.15, 0.2) is 24.3 Å². The van der Waals surface area contributed by atoms with Crippen LogP contribution in [0.3, 0.4) is 0 Å². The first-order valence-electron chi connectivity index (χ1n) is 7.52. The summed E-state index contributed by atoms with van der Waals surface area (Å²) in [4.78, 5) is 11.8. The maximum absolute atomic E-state index is 12.3. The number of ether oxygens (including phenoxy) is 1. The highest BCUT2D eigenvalue weighted by Crippen LogP contribution is 2.27. The number of fused-ring (bicyclic) bond motifs is 1. The zero-order valence-corrected chi connectivity index (χ0v) is 14.4. The minimum absolute atomic E-state index is 0.298. The molecule has 0 saturated heterocycles. The Bertz CT molecular complexity index is 629. The van der Waals surface area contributed by atoms with Gasteiger partial charge in [-0.2, -0.15) is 0 Å². The van der Waals surface area contributed by atoms with Crippen LogP contribution in [-0.4, -0.2) is 21.5 Å². The lowest BCUT2D eigenvalue weighted by atomic mass is 9.93. The number of hydrogen-bond donors (Lipinski definition) is 1. The Morgan fingerprint density at radius 1 is 1.36 bits per heavy atom. The van der Waals surface area contributed by atoms with Crippen LogP contribution in [0.1, 0.15) is 55.6 Å². The van der Waals surface area contributed by atoms with Crippen molar-refractivity contribution in [1.82, 2.24) is 4.72 Å². The smallest absolute Gasteiger partial charge is 0.338 e. The number of rotatable bonds is 4. The van der Waals surface area contributed by atoms with Crippen molar-refractivity contribution in [2.75, 3.05) is 6.61 Å². The quantitative estimate of drug-likeness (QED) is 0.867. The van der Waals surface area contributed by atoms with Gasteiger partial charge in [0.25, 0.3) is 0 Å². The van der Waals surface area contributed by atoms with Crippen molar-refractivity contribution in [3.8, 4) is 0 Å². The van der Waals surface area contributed by atoms with Gasteiger partial charge in [0.05, 0.1) is 16.9 Å². The van der Waals surface area contributed by atoms with E-state index in [-0.39, 0.29) is 10.7 Å². The van der Waals surface area contributed by atoms with Gasteiger partial charge in [-0.05, 0) is 58.2 Å². The third-order valence-corrected chi connectivity index (χ3v) is 4.95. The molecule has 0 aliphatic heterocycles. The molecular weight excluding hydrogens is 298 g/mol. The number of allylic oxidation sites excluding steroid dienone is 1. The fourth-order valence-electron chi connectivity index (χ4n) is 2.24. The highest BCUT2D eigenvalue weighted by atomic mass is 32.2. The molecule has 0 amide bonds. The van der Waals surface area contributed by atoms with E-state index in [0.717, 1.165) is 29.7 Å². The van der Waals surface area contributed by atoms with Gasteiger partial charge in [-0.15, -0.1) is 0 Å². The molecule has 0 unspecified atom stereocenters. The van der Waals surface area contributed by atoms with Gasteiger partial charge in [-0.1, -0.05) is 12.1 Å². The van der Waals surface area contributed by atoms with E-state index in [1.54, 1.807) is 13.0 Å². The van der Waals surface area contributed by atoms with E-state index in [9.17, 15) is 9.00 Å². The monoisotopic (exact) mass is 321 g/mol. The van der Waals surface area contributed by atoms with Crippen LogP contribution in [0, 0.1) is 0 Å². The molecule has 1 atom stereocenters. The van der Waals surface area contributed by atoms with E-state index in [1.165, 1.54) is 0 Å². The third-order valence-electron chi connectivity index (χ3n) is 3.43. The molecule has 1 N–H and O–H groups in total. The van der Waals surface area contributed by atoms with Gasteiger partial charge in [0, 0.05) is 11.3 Å².